The second-order valence-electron chi connectivity index (χ2n) is 3.60. The molecule has 88 valence electrons. The molecular formula is C11H12F2O3. The molecule has 1 aromatic carbocycles. The third kappa shape index (κ3) is 2.92. The number of hydrogen-bond donors (Lipinski definition) is 2. The van der Waals surface area contributed by atoms with Gasteiger partial charge in [-0.05, 0) is 13.0 Å². The number of alkyl halides is 2. The Balaban J connectivity index is 3.09. The van der Waals surface area contributed by atoms with Crippen LogP contribution >= 0.6 is 0 Å². The molecule has 1 aromatic rings. The first-order valence-electron chi connectivity index (χ1n) is 4.71. The van der Waals surface area contributed by atoms with Gasteiger partial charge < -0.3 is 10.2 Å². The van der Waals surface area contributed by atoms with Gasteiger partial charge in [0, 0.05) is 5.56 Å². The van der Waals surface area contributed by atoms with Gasteiger partial charge in [0.1, 0.15) is 5.75 Å². The van der Waals surface area contributed by atoms with Crippen molar-refractivity contribution in [3.8, 4) is 5.75 Å². The van der Waals surface area contributed by atoms with Gasteiger partial charge in [-0.3, -0.25) is 4.79 Å². The minimum atomic E-state index is -2.82. The molecule has 1 unspecified atom stereocenters. The van der Waals surface area contributed by atoms with Crippen molar-refractivity contribution in [2.45, 2.75) is 25.7 Å². The lowest BCUT2D eigenvalue weighted by Crippen LogP contribution is -2.14. The van der Waals surface area contributed by atoms with Crippen LogP contribution in [0, 0.1) is 6.92 Å². The van der Waals surface area contributed by atoms with Crippen molar-refractivity contribution in [2.75, 3.05) is 0 Å². The molecule has 0 aliphatic rings. The summed E-state index contributed by atoms with van der Waals surface area (Å²) >= 11 is 0. The van der Waals surface area contributed by atoms with E-state index in [0.29, 0.717) is 5.56 Å². The Bertz CT molecular complexity index is 391. The van der Waals surface area contributed by atoms with Crippen LogP contribution < -0.4 is 0 Å². The number of phenolic OH excluding ortho intramolecular Hbond substituents is 1. The number of carboxylic acid groups (broad SMARTS) is 1. The summed E-state index contributed by atoms with van der Waals surface area (Å²) in [6.07, 6.45) is -3.52. The average molecular weight is 230 g/mol. The maximum atomic E-state index is 12.7. The number of benzene rings is 1. The fourth-order valence-corrected chi connectivity index (χ4v) is 1.49. The molecule has 0 aromatic heterocycles. The number of carboxylic acids is 1. The van der Waals surface area contributed by atoms with Gasteiger partial charge in [0.2, 0.25) is 6.43 Å². The van der Waals surface area contributed by atoms with Gasteiger partial charge in [-0.25, -0.2) is 8.78 Å². The third-order valence-electron chi connectivity index (χ3n) is 2.28. The van der Waals surface area contributed by atoms with Crippen molar-refractivity contribution in [3.05, 3.63) is 29.3 Å². The van der Waals surface area contributed by atoms with Crippen molar-refractivity contribution in [1.29, 1.82) is 0 Å². The summed E-state index contributed by atoms with van der Waals surface area (Å²) in [5.41, 5.74) is 0.682. The molecule has 16 heavy (non-hydrogen) atoms. The van der Waals surface area contributed by atoms with E-state index in [1.807, 2.05) is 0 Å². The number of hydrogen-bond acceptors (Lipinski definition) is 2. The van der Waals surface area contributed by atoms with Gasteiger partial charge in [0.25, 0.3) is 0 Å². The fraction of sp³-hybridized carbons (Fsp3) is 0.364. The molecule has 0 heterocycles. The maximum absolute atomic E-state index is 12.7. The normalized spacial score (nSPS) is 12.8. The number of halogens is 2. The van der Waals surface area contributed by atoms with Crippen molar-refractivity contribution in [3.63, 3.8) is 0 Å². The molecule has 2 N–H and O–H groups in total. The number of carbonyl (C=O) groups is 1. The lowest BCUT2D eigenvalue weighted by Gasteiger charge is -2.16. The van der Waals surface area contributed by atoms with Crippen LogP contribution in [0.2, 0.25) is 0 Å². The molecule has 5 heteroatoms. The average Bonchev–Trinajstić information content (AvgIpc) is 2.18. The SMILES string of the molecule is Cc1ccc(O)c(C(CC(=O)O)C(F)F)c1. The first kappa shape index (κ1) is 12.4. The van der Waals surface area contributed by atoms with Gasteiger partial charge in [-0.15, -0.1) is 0 Å². The minimum Gasteiger partial charge on any atom is -0.508 e. The smallest absolute Gasteiger partial charge is 0.304 e. The number of aromatic hydroxyl groups is 1. The maximum Gasteiger partial charge on any atom is 0.304 e. The standard InChI is InChI=1S/C11H12F2O3/c1-6-2-3-9(14)7(4-6)8(11(12)13)5-10(15)16/h2-4,8,11,14H,5H2,1H3,(H,15,16). The molecule has 0 radical (unpaired) electrons. The van der Waals surface area contributed by atoms with E-state index in [0.717, 1.165) is 0 Å². The fourth-order valence-electron chi connectivity index (χ4n) is 1.49. The van der Waals surface area contributed by atoms with Crippen LogP contribution in [0.1, 0.15) is 23.5 Å². The van der Waals surface area contributed by atoms with E-state index in [-0.39, 0.29) is 11.3 Å². The number of aliphatic carboxylic acids is 1. The zero-order chi connectivity index (χ0) is 12.3. The van der Waals surface area contributed by atoms with E-state index in [1.165, 1.54) is 12.1 Å². The van der Waals surface area contributed by atoms with Crippen molar-refractivity contribution >= 4 is 5.97 Å². The molecule has 0 aliphatic heterocycles. The van der Waals surface area contributed by atoms with E-state index in [4.69, 9.17) is 5.11 Å². The van der Waals surface area contributed by atoms with E-state index in [1.54, 1.807) is 13.0 Å². The van der Waals surface area contributed by atoms with Crippen molar-refractivity contribution in [1.82, 2.24) is 0 Å². The van der Waals surface area contributed by atoms with Crippen LogP contribution in [-0.2, 0) is 4.79 Å². The zero-order valence-corrected chi connectivity index (χ0v) is 8.65. The van der Waals surface area contributed by atoms with Crippen molar-refractivity contribution < 1.29 is 23.8 Å². The van der Waals surface area contributed by atoms with Crippen molar-refractivity contribution in [2.24, 2.45) is 0 Å². The van der Waals surface area contributed by atoms with Crippen LogP contribution in [0.3, 0.4) is 0 Å². The molecule has 0 fully saturated rings. The van der Waals surface area contributed by atoms with Crippen LogP contribution in [0.5, 0.6) is 5.75 Å². The second kappa shape index (κ2) is 4.92. The van der Waals surface area contributed by atoms with Gasteiger partial charge in [0.05, 0.1) is 12.3 Å². The molecule has 1 atom stereocenters. The molecule has 0 saturated carbocycles. The first-order chi connectivity index (χ1) is 7.41. The lowest BCUT2D eigenvalue weighted by atomic mass is 9.94. The quantitative estimate of drug-likeness (QED) is 0.835. The Labute approximate surface area is 91.3 Å². The van der Waals surface area contributed by atoms with Crippen LogP contribution in [0.25, 0.3) is 0 Å². The Morgan fingerprint density at radius 1 is 1.44 bits per heavy atom. The molecule has 0 saturated heterocycles. The second-order valence-corrected chi connectivity index (χ2v) is 3.60. The lowest BCUT2D eigenvalue weighted by molar-refractivity contribution is -0.138. The molecular weight excluding hydrogens is 218 g/mol. The highest BCUT2D eigenvalue weighted by Gasteiger charge is 2.27. The minimum absolute atomic E-state index is 0.0163. The summed E-state index contributed by atoms with van der Waals surface area (Å²) in [5, 5.41) is 18.0. The Morgan fingerprint density at radius 2 is 2.06 bits per heavy atom. The number of rotatable bonds is 4. The summed E-state index contributed by atoms with van der Waals surface area (Å²) in [6.45, 7) is 1.69. The van der Waals surface area contributed by atoms with E-state index >= 15 is 0 Å². The van der Waals surface area contributed by atoms with Gasteiger partial charge in [-0.2, -0.15) is 0 Å². The summed E-state index contributed by atoms with van der Waals surface area (Å²) in [5.74, 6) is -3.08. The highest BCUT2D eigenvalue weighted by molar-refractivity contribution is 5.68. The van der Waals surface area contributed by atoms with E-state index in [2.05, 4.69) is 0 Å². The molecule has 0 amide bonds. The van der Waals surface area contributed by atoms with Crippen LogP contribution in [0.4, 0.5) is 8.78 Å². The third-order valence-corrected chi connectivity index (χ3v) is 2.28. The van der Waals surface area contributed by atoms with Crippen LogP contribution in [0.15, 0.2) is 18.2 Å². The summed E-state index contributed by atoms with van der Waals surface area (Å²) in [4.78, 5) is 10.5. The molecule has 1 rings (SSSR count). The Morgan fingerprint density at radius 3 is 2.56 bits per heavy atom. The molecule has 0 spiro atoms. The summed E-state index contributed by atoms with van der Waals surface area (Å²) in [7, 11) is 0. The number of phenols is 1. The van der Waals surface area contributed by atoms with E-state index < -0.39 is 24.7 Å². The monoisotopic (exact) mass is 230 g/mol. The topological polar surface area (TPSA) is 57.5 Å². The molecule has 0 bridgehead atoms. The Hall–Kier alpha value is -1.65. The summed E-state index contributed by atoms with van der Waals surface area (Å²) < 4.78 is 25.4. The predicted octanol–water partition coefficient (Wildman–Crippen LogP) is 2.52. The van der Waals surface area contributed by atoms with E-state index in [9.17, 15) is 18.7 Å². The molecule has 0 aliphatic carbocycles. The highest BCUT2D eigenvalue weighted by Crippen LogP contribution is 2.33. The van der Waals surface area contributed by atoms with Gasteiger partial charge in [-0.1, -0.05) is 17.7 Å². The molecule has 3 nitrogen and oxygen atoms in total. The highest BCUT2D eigenvalue weighted by atomic mass is 19.3. The predicted molar refractivity (Wildman–Crippen MR) is 53.8 cm³/mol. The largest absolute Gasteiger partial charge is 0.508 e. The zero-order valence-electron chi connectivity index (χ0n) is 8.65. The van der Waals surface area contributed by atoms with Crippen LogP contribution in [-0.4, -0.2) is 22.6 Å². The summed E-state index contributed by atoms with van der Waals surface area (Å²) in [6, 6.07) is 4.25. The Kier molecular flexibility index (Phi) is 3.82. The van der Waals surface area contributed by atoms with Gasteiger partial charge in [0.15, 0.2) is 0 Å². The first-order valence-corrected chi connectivity index (χ1v) is 4.71. The van der Waals surface area contributed by atoms with Gasteiger partial charge >= 0.3 is 5.97 Å². The number of aryl methyl sites for hydroxylation is 1.